The molecule has 0 unspecified atom stereocenters. The molecule has 0 atom stereocenters. The Bertz CT molecular complexity index is 548. The van der Waals surface area contributed by atoms with E-state index in [0.717, 1.165) is 6.20 Å². The smallest absolute Gasteiger partial charge is 0.311 e. The van der Waals surface area contributed by atoms with E-state index >= 15 is 0 Å². The van der Waals surface area contributed by atoms with Gasteiger partial charge in [-0.1, -0.05) is 0 Å². The lowest BCUT2D eigenvalue weighted by atomic mass is 10.3. The zero-order chi connectivity index (χ0) is 14.2. The predicted octanol–water partition coefficient (Wildman–Crippen LogP) is 1.21. The molecule has 104 valence electrons. The van der Waals surface area contributed by atoms with Crippen LogP contribution in [0.4, 0.5) is 10.2 Å². The molecular formula is C13H13FN4O2. The quantitative estimate of drug-likeness (QED) is 0.631. The van der Waals surface area contributed by atoms with E-state index in [1.54, 1.807) is 18.3 Å². The molecule has 0 fully saturated rings. The standard InChI is InChI=1S/C13H13FN4O2/c14-10-3-4-11(16-9-10)8-13(19)20-7-6-15-12-2-1-5-17-18-12/h1-5,9H,6-8H2,(H,15,18). The number of esters is 1. The van der Waals surface area contributed by atoms with Gasteiger partial charge in [0.15, 0.2) is 0 Å². The van der Waals surface area contributed by atoms with Crippen molar-refractivity contribution in [3.05, 3.63) is 48.2 Å². The molecule has 20 heavy (non-hydrogen) atoms. The number of hydrogen-bond donors (Lipinski definition) is 1. The Labute approximate surface area is 115 Å². The second-order valence-corrected chi connectivity index (χ2v) is 3.90. The van der Waals surface area contributed by atoms with E-state index in [9.17, 15) is 9.18 Å². The summed E-state index contributed by atoms with van der Waals surface area (Å²) in [5.74, 6) is -0.232. The first-order valence-electron chi connectivity index (χ1n) is 6.01. The van der Waals surface area contributed by atoms with E-state index in [1.807, 2.05) is 0 Å². The molecule has 1 N–H and O–H groups in total. The molecule has 0 aliphatic carbocycles. The van der Waals surface area contributed by atoms with Crippen molar-refractivity contribution in [1.29, 1.82) is 0 Å². The molecule has 0 radical (unpaired) electrons. The lowest BCUT2D eigenvalue weighted by molar-refractivity contribution is -0.142. The summed E-state index contributed by atoms with van der Waals surface area (Å²) >= 11 is 0. The van der Waals surface area contributed by atoms with E-state index in [2.05, 4.69) is 20.5 Å². The van der Waals surface area contributed by atoms with Gasteiger partial charge in [0.2, 0.25) is 0 Å². The Morgan fingerprint density at radius 1 is 1.35 bits per heavy atom. The number of nitrogens with zero attached hydrogens (tertiary/aromatic N) is 3. The van der Waals surface area contributed by atoms with Crippen molar-refractivity contribution in [2.24, 2.45) is 0 Å². The van der Waals surface area contributed by atoms with E-state index in [-0.39, 0.29) is 13.0 Å². The van der Waals surface area contributed by atoms with Crippen LogP contribution in [0, 0.1) is 5.82 Å². The lowest BCUT2D eigenvalue weighted by Crippen LogP contribution is -2.16. The van der Waals surface area contributed by atoms with Crippen LogP contribution in [0.2, 0.25) is 0 Å². The first kappa shape index (κ1) is 13.9. The van der Waals surface area contributed by atoms with Crippen molar-refractivity contribution in [1.82, 2.24) is 15.2 Å². The van der Waals surface area contributed by atoms with Gasteiger partial charge in [0.05, 0.1) is 24.9 Å². The zero-order valence-corrected chi connectivity index (χ0v) is 10.6. The van der Waals surface area contributed by atoms with Crippen LogP contribution in [0.3, 0.4) is 0 Å². The molecule has 2 aromatic rings. The molecule has 0 aliphatic heterocycles. The summed E-state index contributed by atoms with van der Waals surface area (Å²) in [7, 11) is 0. The number of pyridine rings is 1. The van der Waals surface area contributed by atoms with Gasteiger partial charge >= 0.3 is 5.97 Å². The topological polar surface area (TPSA) is 77.0 Å². The van der Waals surface area contributed by atoms with E-state index in [1.165, 1.54) is 12.1 Å². The van der Waals surface area contributed by atoms with Crippen molar-refractivity contribution in [2.45, 2.75) is 6.42 Å². The SMILES string of the molecule is O=C(Cc1ccc(F)cn1)OCCNc1cccnn1. The minimum atomic E-state index is -0.435. The van der Waals surface area contributed by atoms with Crippen LogP contribution in [0.15, 0.2) is 36.7 Å². The van der Waals surface area contributed by atoms with Gasteiger partial charge in [-0.05, 0) is 24.3 Å². The molecule has 2 heterocycles. The summed E-state index contributed by atoms with van der Waals surface area (Å²) < 4.78 is 17.7. The zero-order valence-electron chi connectivity index (χ0n) is 10.6. The third kappa shape index (κ3) is 4.60. The van der Waals surface area contributed by atoms with Crippen LogP contribution < -0.4 is 5.32 Å². The maximum atomic E-state index is 12.6. The molecule has 7 heteroatoms. The summed E-state index contributed by atoms with van der Waals surface area (Å²) in [5.41, 5.74) is 0.471. The van der Waals surface area contributed by atoms with Crippen LogP contribution >= 0.6 is 0 Å². The highest BCUT2D eigenvalue weighted by molar-refractivity contribution is 5.71. The lowest BCUT2D eigenvalue weighted by Gasteiger charge is -2.06. The summed E-state index contributed by atoms with van der Waals surface area (Å²) in [4.78, 5) is 15.3. The number of carbonyl (C=O) groups excluding carboxylic acids is 1. The van der Waals surface area contributed by atoms with Crippen molar-refractivity contribution < 1.29 is 13.9 Å². The molecule has 0 aromatic carbocycles. The van der Waals surface area contributed by atoms with Gasteiger partial charge in [-0.15, -0.1) is 5.10 Å². The summed E-state index contributed by atoms with van der Waals surface area (Å²) in [5, 5.41) is 10.5. The highest BCUT2D eigenvalue weighted by Gasteiger charge is 2.06. The molecule has 0 bridgehead atoms. The maximum absolute atomic E-state index is 12.6. The molecule has 2 rings (SSSR count). The fourth-order valence-corrected chi connectivity index (χ4v) is 1.45. The molecular weight excluding hydrogens is 263 g/mol. The Morgan fingerprint density at radius 3 is 2.95 bits per heavy atom. The molecule has 0 spiro atoms. The second-order valence-electron chi connectivity index (χ2n) is 3.90. The van der Waals surface area contributed by atoms with Crippen LogP contribution in [0.5, 0.6) is 0 Å². The Balaban J connectivity index is 1.66. The summed E-state index contributed by atoms with van der Waals surface area (Å²) in [6, 6.07) is 6.22. The number of anilines is 1. The highest BCUT2D eigenvalue weighted by atomic mass is 19.1. The molecule has 0 saturated carbocycles. The first-order valence-corrected chi connectivity index (χ1v) is 6.01. The van der Waals surface area contributed by atoms with Gasteiger partial charge in [0, 0.05) is 6.20 Å². The van der Waals surface area contributed by atoms with Crippen LogP contribution in [-0.4, -0.2) is 34.3 Å². The third-order valence-electron chi connectivity index (χ3n) is 2.36. The predicted molar refractivity (Wildman–Crippen MR) is 69.4 cm³/mol. The number of carbonyl (C=O) groups is 1. The van der Waals surface area contributed by atoms with Gasteiger partial charge < -0.3 is 10.1 Å². The average Bonchev–Trinajstić information content (AvgIpc) is 2.47. The van der Waals surface area contributed by atoms with Crippen molar-refractivity contribution in [3.63, 3.8) is 0 Å². The number of hydrogen-bond acceptors (Lipinski definition) is 6. The number of aromatic nitrogens is 3. The third-order valence-corrected chi connectivity index (χ3v) is 2.36. The van der Waals surface area contributed by atoms with Crippen molar-refractivity contribution in [2.75, 3.05) is 18.5 Å². The summed E-state index contributed by atoms with van der Waals surface area (Å²) in [6.07, 6.45) is 2.66. The molecule has 6 nitrogen and oxygen atoms in total. The Hall–Kier alpha value is -2.57. The minimum absolute atomic E-state index is 0.0193. The van der Waals surface area contributed by atoms with Crippen molar-refractivity contribution in [3.8, 4) is 0 Å². The van der Waals surface area contributed by atoms with E-state index in [4.69, 9.17) is 4.74 Å². The molecule has 2 aromatic heterocycles. The number of rotatable bonds is 6. The van der Waals surface area contributed by atoms with Gasteiger partial charge in [0.25, 0.3) is 0 Å². The maximum Gasteiger partial charge on any atom is 0.311 e. The Kier molecular flexibility index (Phi) is 4.94. The number of ether oxygens (including phenoxy) is 1. The van der Waals surface area contributed by atoms with Crippen molar-refractivity contribution >= 4 is 11.8 Å². The molecule has 0 amide bonds. The molecule has 0 saturated heterocycles. The van der Waals surface area contributed by atoms with E-state index in [0.29, 0.717) is 18.1 Å². The number of halogens is 1. The molecule has 0 aliphatic rings. The highest BCUT2D eigenvalue weighted by Crippen LogP contribution is 2.00. The van der Waals surface area contributed by atoms with Gasteiger partial charge in [-0.3, -0.25) is 9.78 Å². The monoisotopic (exact) mass is 276 g/mol. The second kappa shape index (κ2) is 7.13. The normalized spacial score (nSPS) is 10.1. The minimum Gasteiger partial charge on any atom is -0.464 e. The largest absolute Gasteiger partial charge is 0.464 e. The summed E-state index contributed by atoms with van der Waals surface area (Å²) in [6.45, 7) is 0.637. The van der Waals surface area contributed by atoms with Gasteiger partial charge in [-0.2, -0.15) is 5.10 Å². The fraction of sp³-hybridized carbons (Fsp3) is 0.231. The Morgan fingerprint density at radius 2 is 2.25 bits per heavy atom. The fourth-order valence-electron chi connectivity index (χ4n) is 1.45. The first-order chi connectivity index (χ1) is 9.74. The average molecular weight is 276 g/mol. The van der Waals surface area contributed by atoms with E-state index < -0.39 is 11.8 Å². The van der Waals surface area contributed by atoms with Gasteiger partial charge in [0.1, 0.15) is 18.2 Å². The van der Waals surface area contributed by atoms with Crippen LogP contribution in [0.1, 0.15) is 5.69 Å². The van der Waals surface area contributed by atoms with Gasteiger partial charge in [-0.25, -0.2) is 4.39 Å². The number of nitrogens with one attached hydrogen (secondary N) is 1. The van der Waals surface area contributed by atoms with Crippen LogP contribution in [0.25, 0.3) is 0 Å². The van der Waals surface area contributed by atoms with Crippen LogP contribution in [-0.2, 0) is 16.0 Å².